The molecule has 0 radical (unpaired) electrons. The van der Waals surface area contributed by atoms with Crippen LogP contribution in [0.1, 0.15) is 30.9 Å². The van der Waals surface area contributed by atoms with Crippen molar-refractivity contribution in [1.82, 2.24) is 4.57 Å². The quantitative estimate of drug-likeness (QED) is 0.745. The molecular formula is C13H16N2O5S. The molecule has 2 atom stereocenters. The smallest absolute Gasteiger partial charge is 0.264 e. The highest BCUT2D eigenvalue weighted by atomic mass is 32.2. The van der Waals surface area contributed by atoms with Gasteiger partial charge >= 0.3 is 0 Å². The summed E-state index contributed by atoms with van der Waals surface area (Å²) >= 11 is 0. The van der Waals surface area contributed by atoms with E-state index in [0.717, 1.165) is 11.8 Å². The molecule has 0 spiro atoms. The minimum absolute atomic E-state index is 0.0452. The zero-order valence-corrected chi connectivity index (χ0v) is 12.6. The van der Waals surface area contributed by atoms with Crippen molar-refractivity contribution in [3.63, 3.8) is 0 Å². The number of aromatic nitrogens is 1. The summed E-state index contributed by atoms with van der Waals surface area (Å²) in [4.78, 5) is 25.8. The fraction of sp³-hybridized carbons (Fsp3) is 0.538. The highest BCUT2D eigenvalue weighted by Gasteiger charge is 2.40. The Morgan fingerprint density at radius 2 is 2.05 bits per heavy atom. The summed E-state index contributed by atoms with van der Waals surface area (Å²) in [5.74, 6) is 0.592. The molecule has 3 rings (SSSR count). The Morgan fingerprint density at radius 3 is 2.71 bits per heavy atom. The molecule has 0 N–H and O–H groups in total. The lowest BCUT2D eigenvalue weighted by molar-refractivity contribution is -0.119. The van der Waals surface area contributed by atoms with E-state index in [9.17, 15) is 18.0 Å². The fourth-order valence-electron chi connectivity index (χ4n) is 2.99. The first-order valence-corrected chi connectivity index (χ1v) is 8.50. The van der Waals surface area contributed by atoms with Crippen molar-refractivity contribution in [1.29, 1.82) is 0 Å². The third-order valence-electron chi connectivity index (χ3n) is 3.93. The van der Waals surface area contributed by atoms with Crippen LogP contribution in [-0.4, -0.2) is 38.3 Å². The van der Waals surface area contributed by atoms with Crippen LogP contribution in [0.25, 0.3) is 0 Å². The van der Waals surface area contributed by atoms with E-state index in [0.29, 0.717) is 12.2 Å². The van der Waals surface area contributed by atoms with Gasteiger partial charge < -0.3 is 0 Å². The van der Waals surface area contributed by atoms with Gasteiger partial charge in [0.25, 0.3) is 15.7 Å². The monoisotopic (exact) mass is 312 g/mol. The molecule has 0 fully saturated rings. The number of nitrogens with zero attached hydrogens (tertiary/aromatic N) is 2. The van der Waals surface area contributed by atoms with Gasteiger partial charge in [-0.1, -0.05) is 6.92 Å². The van der Waals surface area contributed by atoms with Gasteiger partial charge in [0.15, 0.2) is 0 Å². The molecule has 114 valence electrons. The zero-order chi connectivity index (χ0) is 15.4. The summed E-state index contributed by atoms with van der Waals surface area (Å²) in [5, 5.41) is 0. The maximum atomic E-state index is 12.1. The van der Waals surface area contributed by atoms with Crippen molar-refractivity contribution in [2.75, 3.05) is 24.3 Å². The second kappa shape index (κ2) is 4.67. The standard InChI is InChI=1S/C13H16N2O5S/c1-8-5-12(17)14-6-9(7-20-21(2,18)19)15-11(16)4-3-10(8)13(14)15/h3-4,8-9H,5-7H2,1-2H3/t8?,9-/m0/s1. The van der Waals surface area contributed by atoms with E-state index in [2.05, 4.69) is 0 Å². The number of pyridine rings is 1. The van der Waals surface area contributed by atoms with Gasteiger partial charge in [-0.05, 0) is 17.5 Å². The summed E-state index contributed by atoms with van der Waals surface area (Å²) < 4.78 is 28.6. The van der Waals surface area contributed by atoms with Crippen molar-refractivity contribution < 1.29 is 17.4 Å². The largest absolute Gasteiger partial charge is 0.296 e. The lowest BCUT2D eigenvalue weighted by atomic mass is 9.94. The number of hydrogen-bond acceptors (Lipinski definition) is 5. The Morgan fingerprint density at radius 1 is 1.33 bits per heavy atom. The van der Waals surface area contributed by atoms with Crippen LogP contribution in [-0.2, 0) is 19.1 Å². The molecule has 2 aliphatic heterocycles. The van der Waals surface area contributed by atoms with Crippen molar-refractivity contribution in [2.24, 2.45) is 0 Å². The van der Waals surface area contributed by atoms with Crippen LogP contribution < -0.4 is 10.5 Å². The summed E-state index contributed by atoms with van der Waals surface area (Å²) in [7, 11) is -3.59. The molecule has 0 aliphatic carbocycles. The molecule has 1 amide bonds. The molecule has 3 heterocycles. The second-order valence-corrected chi connectivity index (χ2v) is 7.22. The van der Waals surface area contributed by atoms with Gasteiger partial charge in [-0.2, -0.15) is 8.42 Å². The maximum Gasteiger partial charge on any atom is 0.264 e. The number of hydrogen-bond donors (Lipinski definition) is 0. The molecule has 7 nitrogen and oxygen atoms in total. The van der Waals surface area contributed by atoms with Crippen molar-refractivity contribution >= 4 is 21.8 Å². The van der Waals surface area contributed by atoms with Gasteiger partial charge in [-0.15, -0.1) is 0 Å². The molecule has 8 heteroatoms. The van der Waals surface area contributed by atoms with Gasteiger partial charge in [0, 0.05) is 12.5 Å². The lowest BCUT2D eigenvalue weighted by Gasteiger charge is -2.28. The average Bonchev–Trinajstić information content (AvgIpc) is 2.75. The number of carbonyl (C=O) groups is 1. The van der Waals surface area contributed by atoms with Gasteiger partial charge in [0.2, 0.25) is 5.91 Å². The van der Waals surface area contributed by atoms with E-state index in [1.165, 1.54) is 10.6 Å². The minimum Gasteiger partial charge on any atom is -0.296 e. The van der Waals surface area contributed by atoms with Crippen molar-refractivity contribution in [2.45, 2.75) is 25.3 Å². The summed E-state index contributed by atoms with van der Waals surface area (Å²) in [6.45, 7) is 2.07. The Kier molecular flexibility index (Phi) is 3.18. The molecule has 1 aromatic heterocycles. The van der Waals surface area contributed by atoms with Gasteiger partial charge in [-0.3, -0.25) is 23.2 Å². The average molecular weight is 312 g/mol. The van der Waals surface area contributed by atoms with Crippen molar-refractivity contribution in [3.05, 3.63) is 28.0 Å². The topological polar surface area (TPSA) is 85.7 Å². The van der Waals surface area contributed by atoms with Gasteiger partial charge in [0.05, 0.1) is 25.4 Å². The Labute approximate surface area is 122 Å². The zero-order valence-electron chi connectivity index (χ0n) is 11.8. The first-order chi connectivity index (χ1) is 9.78. The molecule has 0 saturated carbocycles. The molecule has 2 aliphatic rings. The number of rotatable bonds is 3. The number of carbonyl (C=O) groups excluding carboxylic acids is 1. The second-order valence-electron chi connectivity index (χ2n) is 5.57. The van der Waals surface area contributed by atoms with Crippen LogP contribution in [0, 0.1) is 0 Å². The van der Waals surface area contributed by atoms with E-state index in [4.69, 9.17) is 4.18 Å². The van der Waals surface area contributed by atoms with Crippen molar-refractivity contribution in [3.8, 4) is 0 Å². The predicted molar refractivity (Wildman–Crippen MR) is 75.9 cm³/mol. The third-order valence-corrected chi connectivity index (χ3v) is 4.49. The molecule has 1 aromatic rings. The highest BCUT2D eigenvalue weighted by Crippen LogP contribution is 2.40. The minimum atomic E-state index is -3.59. The van der Waals surface area contributed by atoms with E-state index >= 15 is 0 Å². The van der Waals surface area contributed by atoms with Crippen LogP contribution in [0.5, 0.6) is 0 Å². The van der Waals surface area contributed by atoms with Crippen LogP contribution in [0.15, 0.2) is 16.9 Å². The Bertz CT molecular complexity index is 767. The summed E-state index contributed by atoms with van der Waals surface area (Å²) in [5.41, 5.74) is 0.691. The first-order valence-electron chi connectivity index (χ1n) is 6.68. The normalized spacial score (nSPS) is 24.3. The van der Waals surface area contributed by atoms with Crippen LogP contribution in [0.2, 0.25) is 0 Å². The third kappa shape index (κ3) is 2.38. The molecule has 0 saturated heterocycles. The Hall–Kier alpha value is -1.67. The molecule has 1 unspecified atom stereocenters. The Balaban J connectivity index is 2.06. The van der Waals surface area contributed by atoms with Crippen LogP contribution in [0.3, 0.4) is 0 Å². The fourth-order valence-corrected chi connectivity index (χ4v) is 3.40. The molecule has 0 aromatic carbocycles. The lowest BCUT2D eigenvalue weighted by Crippen LogP contribution is -2.35. The first kappa shape index (κ1) is 14.3. The SMILES string of the molecule is CC1CC(=O)N2C[C@@H](COS(C)(=O)=O)n3c2c1ccc3=O. The maximum absolute atomic E-state index is 12.1. The van der Waals surface area contributed by atoms with Gasteiger partial charge in [0.1, 0.15) is 5.82 Å². The van der Waals surface area contributed by atoms with E-state index in [1.54, 1.807) is 11.0 Å². The molecule has 21 heavy (non-hydrogen) atoms. The van der Waals surface area contributed by atoms with Crippen LogP contribution in [0.4, 0.5) is 5.82 Å². The predicted octanol–water partition coefficient (Wildman–Crippen LogP) is 0.219. The summed E-state index contributed by atoms with van der Waals surface area (Å²) in [6.07, 6.45) is 1.36. The number of amides is 1. The highest BCUT2D eigenvalue weighted by molar-refractivity contribution is 7.85. The summed E-state index contributed by atoms with van der Waals surface area (Å²) in [6, 6.07) is 2.73. The van der Waals surface area contributed by atoms with E-state index in [-0.39, 0.29) is 30.5 Å². The molecule has 0 bridgehead atoms. The van der Waals surface area contributed by atoms with E-state index < -0.39 is 16.2 Å². The van der Waals surface area contributed by atoms with Crippen LogP contribution >= 0.6 is 0 Å². The van der Waals surface area contributed by atoms with Gasteiger partial charge in [-0.25, -0.2) is 0 Å². The van der Waals surface area contributed by atoms with E-state index in [1.807, 2.05) is 6.92 Å². The number of anilines is 1. The molecular weight excluding hydrogens is 296 g/mol.